The average molecular weight is 284 g/mol. The van der Waals surface area contributed by atoms with Crippen LogP contribution in [-0.2, 0) is 19.1 Å². The third-order valence-electron chi connectivity index (χ3n) is 3.82. The van der Waals surface area contributed by atoms with E-state index in [1.54, 1.807) is 12.0 Å². The van der Waals surface area contributed by atoms with Gasteiger partial charge in [0.25, 0.3) is 0 Å². The van der Waals surface area contributed by atoms with Gasteiger partial charge in [-0.15, -0.1) is 0 Å². The molecular weight excluding hydrogens is 260 g/mol. The number of ether oxygens (including phenoxy) is 2. The second-order valence-corrected chi connectivity index (χ2v) is 6.29. The summed E-state index contributed by atoms with van der Waals surface area (Å²) in [6.07, 6.45) is -0.0864. The Morgan fingerprint density at radius 1 is 1.25 bits per heavy atom. The number of hydrogen-bond donors (Lipinski definition) is 0. The van der Waals surface area contributed by atoms with Gasteiger partial charge in [-0.3, -0.25) is 9.59 Å². The lowest BCUT2D eigenvalue weighted by molar-refractivity contribution is -0.175. The van der Waals surface area contributed by atoms with Crippen molar-refractivity contribution in [3.05, 3.63) is 0 Å². The zero-order valence-corrected chi connectivity index (χ0v) is 12.7. The van der Waals surface area contributed by atoms with Crippen molar-refractivity contribution in [3.8, 4) is 0 Å². The van der Waals surface area contributed by atoms with Gasteiger partial charge in [0.05, 0.1) is 24.2 Å². The number of carbonyl (C=O) groups excluding carboxylic acids is 2. The fourth-order valence-electron chi connectivity index (χ4n) is 2.89. The van der Waals surface area contributed by atoms with Crippen molar-refractivity contribution in [2.24, 2.45) is 5.92 Å². The first-order valence-electron chi connectivity index (χ1n) is 7.03. The fraction of sp³-hybridized carbons (Fsp3) is 0.857. The van der Waals surface area contributed by atoms with Gasteiger partial charge in [-0.2, -0.15) is 0 Å². The second kappa shape index (κ2) is 5.69. The number of carbonyl (C=O) groups is 2. The van der Waals surface area contributed by atoms with E-state index in [1.807, 2.05) is 18.7 Å². The molecule has 6 nitrogen and oxygen atoms in total. The molecule has 0 radical (unpaired) electrons. The minimum absolute atomic E-state index is 0.0358. The first-order chi connectivity index (χ1) is 9.32. The van der Waals surface area contributed by atoms with Crippen LogP contribution in [0, 0.1) is 5.92 Å². The highest BCUT2D eigenvalue weighted by molar-refractivity contribution is 5.83. The standard InChI is InChI=1S/C14H24N2O4/c1-10(17)15-5-11(6-15)13(18)16-7-12(8-19-4)20-14(2,3)9-16/h11-12H,5-9H2,1-4H3/t12-/m0/s1. The summed E-state index contributed by atoms with van der Waals surface area (Å²) >= 11 is 0. The summed E-state index contributed by atoms with van der Waals surface area (Å²) in [7, 11) is 1.63. The molecule has 0 aromatic rings. The van der Waals surface area contributed by atoms with Crippen LogP contribution in [0.25, 0.3) is 0 Å². The van der Waals surface area contributed by atoms with E-state index in [2.05, 4.69) is 0 Å². The summed E-state index contributed by atoms with van der Waals surface area (Å²) in [4.78, 5) is 27.2. The van der Waals surface area contributed by atoms with E-state index < -0.39 is 0 Å². The Labute approximate surface area is 120 Å². The predicted octanol–water partition coefficient (Wildman–Crippen LogP) is 0.117. The van der Waals surface area contributed by atoms with Crippen molar-refractivity contribution >= 4 is 11.8 Å². The van der Waals surface area contributed by atoms with Crippen molar-refractivity contribution in [1.82, 2.24) is 9.80 Å². The summed E-state index contributed by atoms with van der Waals surface area (Å²) in [6, 6.07) is 0. The van der Waals surface area contributed by atoms with Crippen LogP contribution in [0.5, 0.6) is 0 Å². The Balaban J connectivity index is 1.94. The first-order valence-corrected chi connectivity index (χ1v) is 7.03. The average Bonchev–Trinajstić information content (AvgIpc) is 2.24. The zero-order valence-electron chi connectivity index (χ0n) is 12.7. The number of nitrogens with zero attached hydrogens (tertiary/aromatic N) is 2. The van der Waals surface area contributed by atoms with Crippen molar-refractivity contribution in [1.29, 1.82) is 0 Å². The number of morpholine rings is 1. The molecule has 0 bridgehead atoms. The Hall–Kier alpha value is -1.14. The molecule has 0 spiro atoms. The molecule has 2 rings (SSSR count). The minimum atomic E-state index is -0.360. The minimum Gasteiger partial charge on any atom is -0.382 e. The van der Waals surface area contributed by atoms with Gasteiger partial charge >= 0.3 is 0 Å². The molecule has 2 fully saturated rings. The number of rotatable bonds is 3. The van der Waals surface area contributed by atoms with Crippen LogP contribution in [0.2, 0.25) is 0 Å². The third-order valence-corrected chi connectivity index (χ3v) is 3.82. The summed E-state index contributed by atoms with van der Waals surface area (Å²) < 4.78 is 11.0. The van der Waals surface area contributed by atoms with Crippen LogP contribution in [0.3, 0.4) is 0 Å². The van der Waals surface area contributed by atoms with Crippen molar-refractivity contribution < 1.29 is 19.1 Å². The van der Waals surface area contributed by atoms with Gasteiger partial charge < -0.3 is 19.3 Å². The first kappa shape index (κ1) is 15.3. The molecule has 2 saturated heterocycles. The third kappa shape index (κ3) is 3.30. The molecule has 2 aliphatic rings. The topological polar surface area (TPSA) is 59.1 Å². The molecule has 6 heteroatoms. The van der Waals surface area contributed by atoms with Gasteiger partial charge in [0.1, 0.15) is 0 Å². The zero-order chi connectivity index (χ0) is 14.9. The van der Waals surface area contributed by atoms with Crippen LogP contribution in [0.4, 0.5) is 0 Å². The summed E-state index contributed by atoms with van der Waals surface area (Å²) in [6.45, 7) is 8.22. The maximum Gasteiger partial charge on any atom is 0.229 e. The van der Waals surface area contributed by atoms with Gasteiger partial charge in [-0.05, 0) is 13.8 Å². The van der Waals surface area contributed by atoms with E-state index in [0.717, 1.165) is 0 Å². The second-order valence-electron chi connectivity index (χ2n) is 6.29. The van der Waals surface area contributed by atoms with E-state index >= 15 is 0 Å². The maximum absolute atomic E-state index is 12.5. The highest BCUT2D eigenvalue weighted by atomic mass is 16.5. The molecule has 2 aliphatic heterocycles. The molecule has 0 saturated carbocycles. The molecule has 2 amide bonds. The molecule has 0 N–H and O–H groups in total. The SMILES string of the molecule is COC[C@@H]1CN(C(=O)C2CN(C(C)=O)C2)CC(C)(C)O1. The fourth-order valence-corrected chi connectivity index (χ4v) is 2.89. The van der Waals surface area contributed by atoms with E-state index in [0.29, 0.717) is 32.8 Å². The lowest BCUT2D eigenvalue weighted by Gasteiger charge is -2.46. The largest absolute Gasteiger partial charge is 0.382 e. The number of hydrogen-bond acceptors (Lipinski definition) is 4. The van der Waals surface area contributed by atoms with Gasteiger partial charge in [-0.1, -0.05) is 0 Å². The maximum atomic E-state index is 12.5. The van der Waals surface area contributed by atoms with Crippen molar-refractivity contribution in [2.75, 3.05) is 39.9 Å². The van der Waals surface area contributed by atoms with Crippen molar-refractivity contribution in [3.63, 3.8) is 0 Å². The Morgan fingerprint density at radius 3 is 2.45 bits per heavy atom. The Bertz CT molecular complexity index is 391. The van der Waals surface area contributed by atoms with Gasteiger partial charge in [-0.25, -0.2) is 0 Å². The van der Waals surface area contributed by atoms with Crippen LogP contribution < -0.4 is 0 Å². The molecule has 20 heavy (non-hydrogen) atoms. The van der Waals surface area contributed by atoms with Crippen LogP contribution in [-0.4, -0.2) is 73.2 Å². The normalized spacial score (nSPS) is 26.3. The van der Waals surface area contributed by atoms with Crippen LogP contribution >= 0.6 is 0 Å². The van der Waals surface area contributed by atoms with E-state index in [-0.39, 0.29) is 29.4 Å². The summed E-state index contributed by atoms with van der Waals surface area (Å²) in [5, 5.41) is 0. The number of likely N-dealkylation sites (tertiary alicyclic amines) is 1. The van der Waals surface area contributed by atoms with Crippen LogP contribution in [0.1, 0.15) is 20.8 Å². The molecule has 0 aromatic carbocycles. The van der Waals surface area contributed by atoms with E-state index in [4.69, 9.17) is 9.47 Å². The van der Waals surface area contributed by atoms with Crippen LogP contribution in [0.15, 0.2) is 0 Å². The lowest BCUT2D eigenvalue weighted by atomic mass is 9.96. The lowest BCUT2D eigenvalue weighted by Crippen LogP contribution is -2.61. The molecule has 1 atom stereocenters. The van der Waals surface area contributed by atoms with Crippen molar-refractivity contribution in [2.45, 2.75) is 32.5 Å². The quantitative estimate of drug-likeness (QED) is 0.738. The highest BCUT2D eigenvalue weighted by Gasteiger charge is 2.41. The summed E-state index contributed by atoms with van der Waals surface area (Å²) in [5.41, 5.74) is -0.360. The Morgan fingerprint density at radius 2 is 1.90 bits per heavy atom. The van der Waals surface area contributed by atoms with Gasteiger partial charge in [0.2, 0.25) is 11.8 Å². The number of amides is 2. The smallest absolute Gasteiger partial charge is 0.229 e. The summed E-state index contributed by atoms with van der Waals surface area (Å²) in [5.74, 6) is 0.101. The molecule has 0 aliphatic carbocycles. The molecule has 114 valence electrons. The highest BCUT2D eigenvalue weighted by Crippen LogP contribution is 2.25. The molecule has 2 heterocycles. The van der Waals surface area contributed by atoms with Gasteiger partial charge in [0, 0.05) is 40.2 Å². The molecule has 0 aromatic heterocycles. The molecule has 0 unspecified atom stereocenters. The van der Waals surface area contributed by atoms with E-state index in [1.165, 1.54) is 6.92 Å². The molecular formula is C14H24N2O4. The van der Waals surface area contributed by atoms with E-state index in [9.17, 15) is 9.59 Å². The monoisotopic (exact) mass is 284 g/mol. The number of methoxy groups -OCH3 is 1. The predicted molar refractivity (Wildman–Crippen MR) is 73.2 cm³/mol. The van der Waals surface area contributed by atoms with Gasteiger partial charge in [0.15, 0.2) is 0 Å². The Kier molecular flexibility index (Phi) is 4.34.